The number of hydrogen-bond acceptors (Lipinski definition) is 4. The zero-order valence-corrected chi connectivity index (χ0v) is 14.0. The molecule has 0 radical (unpaired) electrons. The van der Waals surface area contributed by atoms with Crippen molar-refractivity contribution in [2.75, 3.05) is 12.9 Å². The summed E-state index contributed by atoms with van der Waals surface area (Å²) in [5.41, 5.74) is 0. The van der Waals surface area contributed by atoms with Crippen LogP contribution in [0.1, 0.15) is 20.3 Å². The van der Waals surface area contributed by atoms with Gasteiger partial charge in [-0.05, 0) is 24.5 Å². The predicted octanol–water partition coefficient (Wildman–Crippen LogP) is 3.14. The average molecular weight is 330 g/mol. The van der Waals surface area contributed by atoms with Crippen LogP contribution in [-0.2, 0) is 14.3 Å². The maximum Gasteiger partial charge on any atom is 0.328 e. The summed E-state index contributed by atoms with van der Waals surface area (Å²) in [5, 5.41) is 3.32. The van der Waals surface area contributed by atoms with Gasteiger partial charge in [0.2, 0.25) is 5.91 Å². The largest absolute Gasteiger partial charge is 0.467 e. The van der Waals surface area contributed by atoms with Gasteiger partial charge in [0.15, 0.2) is 0 Å². The topological polar surface area (TPSA) is 55.4 Å². The molecule has 0 fully saturated rings. The minimum absolute atomic E-state index is 0.204. The van der Waals surface area contributed by atoms with Crippen LogP contribution in [0, 0.1) is 5.92 Å². The van der Waals surface area contributed by atoms with Crippen LogP contribution < -0.4 is 5.32 Å². The Balaban J connectivity index is 2.54. The van der Waals surface area contributed by atoms with Gasteiger partial charge in [0.1, 0.15) is 6.04 Å². The highest BCUT2D eigenvalue weighted by Crippen LogP contribution is 2.26. The van der Waals surface area contributed by atoms with Gasteiger partial charge in [0.05, 0.1) is 17.9 Å². The van der Waals surface area contributed by atoms with E-state index >= 15 is 0 Å². The van der Waals surface area contributed by atoms with Gasteiger partial charge in [-0.2, -0.15) is 0 Å². The SMILES string of the molecule is COC(=O)[C@@H](CC(C)C)NC(=O)CSc1ccccc1Cl. The first-order valence-corrected chi connectivity index (χ1v) is 8.05. The number of ether oxygens (including phenoxy) is 1. The first-order chi connectivity index (χ1) is 9.93. The van der Waals surface area contributed by atoms with E-state index in [9.17, 15) is 9.59 Å². The molecule has 0 aromatic heterocycles. The smallest absolute Gasteiger partial charge is 0.328 e. The molecule has 0 saturated heterocycles. The summed E-state index contributed by atoms with van der Waals surface area (Å²) in [5.74, 6) is -0.142. The monoisotopic (exact) mass is 329 g/mol. The van der Waals surface area contributed by atoms with Gasteiger partial charge in [-0.15, -0.1) is 11.8 Å². The zero-order chi connectivity index (χ0) is 15.8. The highest BCUT2D eigenvalue weighted by Gasteiger charge is 2.22. The molecule has 1 atom stereocenters. The maximum atomic E-state index is 12.0. The minimum Gasteiger partial charge on any atom is -0.467 e. The van der Waals surface area contributed by atoms with Gasteiger partial charge >= 0.3 is 5.97 Å². The molecule has 0 bridgehead atoms. The van der Waals surface area contributed by atoms with Crippen molar-refractivity contribution in [3.8, 4) is 0 Å². The second-order valence-electron chi connectivity index (χ2n) is 4.99. The first kappa shape index (κ1) is 17.9. The number of halogens is 1. The molecule has 0 heterocycles. The van der Waals surface area contributed by atoms with E-state index in [1.165, 1.54) is 18.9 Å². The summed E-state index contributed by atoms with van der Waals surface area (Å²) in [6, 6.07) is 6.73. The van der Waals surface area contributed by atoms with E-state index in [1.54, 1.807) is 6.07 Å². The Labute approximate surface area is 134 Å². The molecule has 0 unspecified atom stereocenters. The summed E-state index contributed by atoms with van der Waals surface area (Å²) in [6.45, 7) is 3.97. The van der Waals surface area contributed by atoms with Crippen LogP contribution in [0.25, 0.3) is 0 Å². The highest BCUT2D eigenvalue weighted by atomic mass is 35.5. The summed E-state index contributed by atoms with van der Waals surface area (Å²) in [6.07, 6.45) is 0.551. The van der Waals surface area contributed by atoms with Crippen molar-refractivity contribution in [1.29, 1.82) is 0 Å². The Morgan fingerprint density at radius 2 is 2.00 bits per heavy atom. The molecular formula is C15H20ClNO3S. The molecule has 0 aliphatic rings. The molecule has 4 nitrogen and oxygen atoms in total. The third kappa shape index (κ3) is 6.40. The number of methoxy groups -OCH3 is 1. The number of amides is 1. The summed E-state index contributed by atoms with van der Waals surface area (Å²) in [7, 11) is 1.32. The molecular weight excluding hydrogens is 310 g/mol. The van der Waals surface area contributed by atoms with Crippen molar-refractivity contribution >= 4 is 35.2 Å². The Hall–Kier alpha value is -1.20. The second-order valence-corrected chi connectivity index (χ2v) is 6.42. The number of rotatable bonds is 7. The maximum absolute atomic E-state index is 12.0. The minimum atomic E-state index is -0.602. The van der Waals surface area contributed by atoms with Crippen molar-refractivity contribution < 1.29 is 14.3 Å². The molecule has 6 heteroatoms. The number of benzene rings is 1. The number of thioether (sulfide) groups is 1. The van der Waals surface area contributed by atoms with Crippen LogP contribution in [0.3, 0.4) is 0 Å². The third-order valence-electron chi connectivity index (χ3n) is 2.72. The molecule has 0 aliphatic heterocycles. The van der Waals surface area contributed by atoms with Crippen molar-refractivity contribution in [3.63, 3.8) is 0 Å². The number of esters is 1. The zero-order valence-electron chi connectivity index (χ0n) is 12.4. The van der Waals surface area contributed by atoms with Crippen LogP contribution in [-0.4, -0.2) is 30.8 Å². The number of hydrogen-bond donors (Lipinski definition) is 1. The lowest BCUT2D eigenvalue weighted by Gasteiger charge is -2.18. The van der Waals surface area contributed by atoms with Crippen LogP contribution in [0.5, 0.6) is 0 Å². The lowest BCUT2D eigenvalue weighted by molar-refractivity contribution is -0.145. The molecule has 0 saturated carbocycles. The molecule has 0 spiro atoms. The van der Waals surface area contributed by atoms with Crippen LogP contribution in [0.4, 0.5) is 0 Å². The Morgan fingerprint density at radius 3 is 2.57 bits per heavy atom. The summed E-state index contributed by atoms with van der Waals surface area (Å²) < 4.78 is 4.71. The van der Waals surface area contributed by atoms with Crippen LogP contribution in [0.15, 0.2) is 29.2 Å². The van der Waals surface area contributed by atoms with E-state index in [0.717, 1.165) is 4.90 Å². The second kappa shape index (κ2) is 8.95. The molecule has 1 rings (SSSR count). The summed E-state index contributed by atoms with van der Waals surface area (Å²) >= 11 is 7.37. The first-order valence-electron chi connectivity index (χ1n) is 6.68. The van der Waals surface area contributed by atoms with Crippen LogP contribution >= 0.6 is 23.4 Å². The fourth-order valence-electron chi connectivity index (χ4n) is 1.77. The van der Waals surface area contributed by atoms with E-state index in [1.807, 2.05) is 32.0 Å². The molecule has 0 aliphatic carbocycles. The van der Waals surface area contributed by atoms with Crippen molar-refractivity contribution in [2.24, 2.45) is 5.92 Å². The Kier molecular flexibility index (Phi) is 7.61. The third-order valence-corrected chi connectivity index (χ3v) is 4.24. The van der Waals surface area contributed by atoms with Gasteiger partial charge in [-0.25, -0.2) is 4.79 Å². The van der Waals surface area contributed by atoms with Crippen molar-refractivity contribution in [3.05, 3.63) is 29.3 Å². The standard InChI is InChI=1S/C15H20ClNO3S/c1-10(2)8-12(15(19)20-3)17-14(18)9-21-13-7-5-4-6-11(13)16/h4-7,10,12H,8-9H2,1-3H3,(H,17,18)/t12-/m1/s1. The Morgan fingerprint density at radius 1 is 1.33 bits per heavy atom. The highest BCUT2D eigenvalue weighted by molar-refractivity contribution is 8.00. The predicted molar refractivity (Wildman–Crippen MR) is 85.6 cm³/mol. The number of carbonyl (C=O) groups excluding carboxylic acids is 2. The fraction of sp³-hybridized carbons (Fsp3) is 0.467. The number of nitrogens with one attached hydrogen (secondary N) is 1. The molecule has 116 valence electrons. The number of carbonyl (C=O) groups is 2. The van der Waals surface area contributed by atoms with Gasteiger partial charge in [-0.1, -0.05) is 37.6 Å². The van der Waals surface area contributed by atoms with Gasteiger partial charge in [-0.3, -0.25) is 4.79 Å². The van der Waals surface area contributed by atoms with E-state index < -0.39 is 12.0 Å². The average Bonchev–Trinajstić information content (AvgIpc) is 2.44. The van der Waals surface area contributed by atoms with Gasteiger partial charge < -0.3 is 10.1 Å². The fourth-order valence-corrected chi connectivity index (χ4v) is 2.82. The Bertz CT molecular complexity index is 494. The molecule has 1 N–H and O–H groups in total. The normalized spacial score (nSPS) is 12.0. The summed E-state index contributed by atoms with van der Waals surface area (Å²) in [4.78, 5) is 24.4. The molecule has 1 aromatic carbocycles. The van der Waals surface area contributed by atoms with Crippen molar-refractivity contribution in [1.82, 2.24) is 5.32 Å². The molecule has 1 amide bonds. The van der Waals surface area contributed by atoms with Gasteiger partial charge in [0.25, 0.3) is 0 Å². The van der Waals surface area contributed by atoms with Crippen LogP contribution in [0.2, 0.25) is 5.02 Å². The molecule has 1 aromatic rings. The van der Waals surface area contributed by atoms with Gasteiger partial charge in [0, 0.05) is 4.90 Å². The van der Waals surface area contributed by atoms with E-state index in [-0.39, 0.29) is 17.6 Å². The quantitative estimate of drug-likeness (QED) is 0.617. The lowest BCUT2D eigenvalue weighted by atomic mass is 10.0. The van der Waals surface area contributed by atoms with Crippen molar-refractivity contribution in [2.45, 2.75) is 31.2 Å². The van der Waals surface area contributed by atoms with E-state index in [4.69, 9.17) is 16.3 Å². The van der Waals surface area contributed by atoms with E-state index in [2.05, 4.69) is 5.32 Å². The lowest BCUT2D eigenvalue weighted by Crippen LogP contribution is -2.43. The molecule has 21 heavy (non-hydrogen) atoms. The van der Waals surface area contributed by atoms with E-state index in [0.29, 0.717) is 11.4 Å².